The van der Waals surface area contributed by atoms with Crippen LogP contribution in [0.4, 0.5) is 21.9 Å². The molecule has 3 saturated heterocycles. The van der Waals surface area contributed by atoms with Crippen LogP contribution < -0.4 is 25.3 Å². The summed E-state index contributed by atoms with van der Waals surface area (Å²) >= 11 is 0. The van der Waals surface area contributed by atoms with E-state index in [1.807, 2.05) is 78.1 Å². The van der Waals surface area contributed by atoms with Gasteiger partial charge in [-0.1, -0.05) is 38.1 Å². The largest absolute Gasteiger partial charge is 0.372 e. The number of nitrogens with one attached hydrogen (secondary N) is 3. The number of urea groups is 1. The molecule has 2 aromatic carbocycles. The van der Waals surface area contributed by atoms with E-state index in [9.17, 15) is 14.4 Å². The van der Waals surface area contributed by atoms with Crippen LogP contribution in [-0.4, -0.2) is 110 Å². The number of fused-ring (bicyclic) bond motifs is 1. The molecule has 64 heavy (non-hydrogen) atoms. The molecule has 0 saturated carbocycles. The van der Waals surface area contributed by atoms with Gasteiger partial charge in [-0.15, -0.1) is 0 Å². The summed E-state index contributed by atoms with van der Waals surface area (Å²) in [5.41, 5.74) is 9.35. The number of aromatic amines is 1. The zero-order chi connectivity index (χ0) is 44.7. The highest BCUT2D eigenvalue weighted by molar-refractivity contribution is 6.06. The molecular weight excluding hydrogens is 811 g/mol. The van der Waals surface area contributed by atoms with Crippen molar-refractivity contribution >= 4 is 46.1 Å². The first-order valence-electron chi connectivity index (χ1n) is 22.1. The molecule has 0 spiro atoms. The van der Waals surface area contributed by atoms with E-state index in [4.69, 9.17) is 14.5 Å². The van der Waals surface area contributed by atoms with Crippen molar-refractivity contribution in [1.29, 1.82) is 0 Å². The average Bonchev–Trinajstić information content (AvgIpc) is 3.97. The summed E-state index contributed by atoms with van der Waals surface area (Å²) in [4.78, 5) is 72.6. The predicted molar refractivity (Wildman–Crippen MR) is 244 cm³/mol. The number of pyridine rings is 1. The molecule has 7 heterocycles. The second kappa shape index (κ2) is 17.4. The SMILES string of the molecule is Cc1cc(-c2ncnc3[nH]c(-c4ccc(N5CCN(CC6CCN(c7ccc(N8CCC(=O)NC8=O)c(C)c7)CC6)CC5)cn4)nc23)ccc1[C@@H](C)NC(=O)c1noc(C(C)(C)C)n1. The molecule has 3 N–H and O–H groups in total. The van der Waals surface area contributed by atoms with Crippen molar-refractivity contribution in [3.63, 3.8) is 0 Å². The Kier molecular flexibility index (Phi) is 11.6. The molecule has 6 aromatic rings. The van der Waals surface area contributed by atoms with Crippen molar-refractivity contribution in [3.05, 3.63) is 89.5 Å². The first-order valence-corrected chi connectivity index (χ1v) is 22.1. The van der Waals surface area contributed by atoms with Crippen molar-refractivity contribution in [2.75, 3.05) is 67.1 Å². The first-order chi connectivity index (χ1) is 30.8. The number of anilines is 3. The molecule has 0 unspecified atom stereocenters. The Morgan fingerprint density at radius 3 is 2.33 bits per heavy atom. The summed E-state index contributed by atoms with van der Waals surface area (Å²) in [5, 5.41) is 9.30. The van der Waals surface area contributed by atoms with Gasteiger partial charge in [0.2, 0.25) is 11.8 Å². The smallest absolute Gasteiger partial charge is 0.328 e. The number of hydrogen-bond donors (Lipinski definition) is 3. The van der Waals surface area contributed by atoms with E-state index in [1.165, 1.54) is 12.0 Å². The van der Waals surface area contributed by atoms with Gasteiger partial charge in [0.1, 0.15) is 23.2 Å². The fourth-order valence-corrected chi connectivity index (χ4v) is 9.00. The topological polar surface area (TPSA) is 194 Å². The maximum Gasteiger partial charge on any atom is 0.328 e. The Labute approximate surface area is 372 Å². The lowest BCUT2D eigenvalue weighted by molar-refractivity contribution is -0.120. The van der Waals surface area contributed by atoms with E-state index < -0.39 is 5.91 Å². The Balaban J connectivity index is 0.771. The van der Waals surface area contributed by atoms with Gasteiger partial charge in [-0.25, -0.2) is 19.7 Å². The lowest BCUT2D eigenvalue weighted by atomic mass is 9.95. The van der Waals surface area contributed by atoms with E-state index >= 15 is 0 Å². The lowest BCUT2D eigenvalue weighted by Crippen LogP contribution is -2.49. The number of piperazine rings is 1. The van der Waals surface area contributed by atoms with Gasteiger partial charge in [0.05, 0.1) is 17.9 Å². The number of piperidine rings is 1. The summed E-state index contributed by atoms with van der Waals surface area (Å²) < 4.78 is 5.31. The molecule has 0 bridgehead atoms. The molecule has 17 nitrogen and oxygen atoms in total. The van der Waals surface area contributed by atoms with Crippen molar-refractivity contribution in [2.24, 2.45) is 5.92 Å². The van der Waals surface area contributed by atoms with Crippen molar-refractivity contribution in [1.82, 2.24) is 50.6 Å². The van der Waals surface area contributed by atoms with E-state index in [0.29, 0.717) is 47.5 Å². The molecule has 3 fully saturated rings. The van der Waals surface area contributed by atoms with Crippen LogP contribution in [0.5, 0.6) is 0 Å². The number of aromatic nitrogens is 7. The summed E-state index contributed by atoms with van der Waals surface area (Å²) in [6, 6.07) is 15.8. The van der Waals surface area contributed by atoms with Gasteiger partial charge in [0.25, 0.3) is 11.7 Å². The van der Waals surface area contributed by atoms with Gasteiger partial charge >= 0.3 is 6.03 Å². The highest BCUT2D eigenvalue weighted by Crippen LogP contribution is 2.32. The molecular formula is C47H55N13O4. The van der Waals surface area contributed by atoms with Gasteiger partial charge in [0.15, 0.2) is 11.5 Å². The van der Waals surface area contributed by atoms with Gasteiger partial charge in [-0.05, 0) is 92.6 Å². The Morgan fingerprint density at radius 1 is 0.875 bits per heavy atom. The number of amides is 4. The number of rotatable bonds is 10. The summed E-state index contributed by atoms with van der Waals surface area (Å²) in [7, 11) is 0. The number of nitrogens with zero attached hydrogens (tertiary/aromatic N) is 10. The van der Waals surface area contributed by atoms with Gasteiger partial charge < -0.3 is 24.6 Å². The molecule has 332 valence electrons. The van der Waals surface area contributed by atoms with Gasteiger partial charge in [-0.3, -0.25) is 29.7 Å². The van der Waals surface area contributed by atoms with Crippen molar-refractivity contribution < 1.29 is 18.9 Å². The molecule has 1 atom stereocenters. The number of aryl methyl sites for hydroxylation is 2. The minimum Gasteiger partial charge on any atom is -0.372 e. The van der Waals surface area contributed by atoms with Crippen LogP contribution in [-0.2, 0) is 10.2 Å². The molecule has 3 aliphatic heterocycles. The third-order valence-electron chi connectivity index (χ3n) is 12.7. The maximum absolute atomic E-state index is 13.0. The normalized spacial score (nSPS) is 17.2. The number of imide groups is 1. The number of carbonyl (C=O) groups is 3. The molecule has 4 amide bonds. The number of hydrogen-bond acceptors (Lipinski definition) is 13. The van der Waals surface area contributed by atoms with E-state index in [2.05, 4.69) is 68.6 Å². The number of carbonyl (C=O) groups excluding carboxylic acids is 3. The minimum absolute atomic E-state index is 0.0107. The minimum atomic E-state index is -0.398. The van der Waals surface area contributed by atoms with Crippen LogP contribution in [0.1, 0.15) is 86.2 Å². The van der Waals surface area contributed by atoms with E-state index in [0.717, 1.165) is 98.0 Å². The fraction of sp³-hybridized carbons (Fsp3) is 0.426. The molecule has 9 rings (SSSR count). The second-order valence-corrected chi connectivity index (χ2v) is 18.3. The second-order valence-electron chi connectivity index (χ2n) is 18.3. The summed E-state index contributed by atoms with van der Waals surface area (Å²) in [5.74, 6) is 1.08. The summed E-state index contributed by atoms with van der Waals surface area (Å²) in [6.45, 7) is 19.3. The van der Waals surface area contributed by atoms with Gasteiger partial charge in [0, 0.05) is 81.1 Å². The van der Waals surface area contributed by atoms with Crippen LogP contribution >= 0.6 is 0 Å². The molecule has 0 radical (unpaired) electrons. The first kappa shape index (κ1) is 42.5. The molecule has 0 aliphatic carbocycles. The maximum atomic E-state index is 13.0. The van der Waals surface area contributed by atoms with Crippen LogP contribution in [0, 0.1) is 19.8 Å². The van der Waals surface area contributed by atoms with E-state index in [1.54, 1.807) is 4.90 Å². The van der Waals surface area contributed by atoms with Crippen LogP contribution in [0.3, 0.4) is 0 Å². The quantitative estimate of drug-likeness (QED) is 0.138. The van der Waals surface area contributed by atoms with Crippen LogP contribution in [0.15, 0.2) is 65.6 Å². The third kappa shape index (κ3) is 8.89. The summed E-state index contributed by atoms with van der Waals surface area (Å²) in [6.07, 6.45) is 6.08. The molecule has 3 aliphatic rings. The highest BCUT2D eigenvalue weighted by Gasteiger charge is 2.29. The number of H-pyrrole nitrogens is 1. The highest BCUT2D eigenvalue weighted by atomic mass is 16.5. The Bertz CT molecular complexity index is 2690. The third-order valence-corrected chi connectivity index (χ3v) is 12.7. The van der Waals surface area contributed by atoms with Crippen molar-refractivity contribution in [3.8, 4) is 22.8 Å². The number of imidazole rings is 1. The standard InChI is InChI=1S/C47H55N13O4/c1-28-23-32(7-10-35(28)30(3)51-44(62)43-55-45(64-56-43)47(4,5)6)39-40-42(50-27-49-39)54-41(53-40)36-11-8-34(25-48-36)59-21-19-57(20-22-59)26-31-13-16-58(17-14-31)33-9-12-37(29(2)24-33)60-18-15-38(61)52-46(60)63/h7-12,23-25,27,30-31H,13-22,26H2,1-6H3,(H,51,62)(H,52,61,63)(H,49,50,53,54)/t30-/m1/s1. The zero-order valence-electron chi connectivity index (χ0n) is 37.3. The predicted octanol–water partition coefficient (Wildman–Crippen LogP) is 6.36. The molecule has 4 aromatic heterocycles. The molecule has 17 heteroatoms. The van der Waals surface area contributed by atoms with Crippen LogP contribution in [0.2, 0.25) is 0 Å². The van der Waals surface area contributed by atoms with Crippen LogP contribution in [0.25, 0.3) is 33.9 Å². The van der Waals surface area contributed by atoms with Gasteiger partial charge in [-0.2, -0.15) is 4.98 Å². The van der Waals surface area contributed by atoms with E-state index in [-0.39, 0.29) is 29.2 Å². The Morgan fingerprint density at radius 2 is 1.64 bits per heavy atom. The fourth-order valence-electron chi connectivity index (χ4n) is 9.00. The lowest BCUT2D eigenvalue weighted by Gasteiger charge is -2.40. The number of benzene rings is 2. The zero-order valence-corrected chi connectivity index (χ0v) is 37.3. The average molecular weight is 866 g/mol. The monoisotopic (exact) mass is 865 g/mol. The Hall–Kier alpha value is -6.75. The van der Waals surface area contributed by atoms with Crippen molar-refractivity contribution in [2.45, 2.75) is 72.3 Å².